The van der Waals surface area contributed by atoms with E-state index < -0.39 is 6.36 Å². The molecule has 0 saturated carbocycles. The smallest absolute Gasteiger partial charge is 0.405 e. The Balaban J connectivity index is 2.50. The molecule has 0 unspecified atom stereocenters. The molecule has 0 amide bonds. The quantitative estimate of drug-likeness (QED) is 0.873. The lowest BCUT2D eigenvalue weighted by Crippen LogP contribution is -2.17. The van der Waals surface area contributed by atoms with Crippen LogP contribution in [0.3, 0.4) is 0 Å². The molecule has 0 bridgehead atoms. The van der Waals surface area contributed by atoms with Crippen LogP contribution in [0.2, 0.25) is 0 Å². The van der Waals surface area contributed by atoms with Gasteiger partial charge in [0.2, 0.25) is 0 Å². The molecule has 3 nitrogen and oxygen atoms in total. The molecule has 17 heavy (non-hydrogen) atoms. The Hall–Kier alpha value is -1.69. The van der Waals surface area contributed by atoms with Gasteiger partial charge >= 0.3 is 6.36 Å². The minimum absolute atomic E-state index is 0.132. The normalized spacial score (nSPS) is 12.0. The summed E-state index contributed by atoms with van der Waals surface area (Å²) >= 11 is 0. The monoisotopic (exact) mass is 245 g/mol. The van der Waals surface area contributed by atoms with E-state index in [-0.39, 0.29) is 18.8 Å². The van der Waals surface area contributed by atoms with Crippen molar-refractivity contribution in [1.29, 1.82) is 0 Å². The summed E-state index contributed by atoms with van der Waals surface area (Å²) in [5.41, 5.74) is 1.15. The van der Waals surface area contributed by atoms with Gasteiger partial charge in [0.25, 0.3) is 0 Å². The van der Waals surface area contributed by atoms with Crippen LogP contribution < -0.4 is 4.74 Å². The van der Waals surface area contributed by atoms with E-state index in [2.05, 4.69) is 9.72 Å². The third-order valence-corrected chi connectivity index (χ3v) is 2.36. The van der Waals surface area contributed by atoms with Gasteiger partial charge in [0.05, 0.1) is 0 Å². The van der Waals surface area contributed by atoms with Crippen molar-refractivity contribution in [3.8, 4) is 5.75 Å². The Bertz CT molecular complexity index is 519. The molecule has 1 aromatic heterocycles. The molecule has 2 rings (SSSR count). The zero-order chi connectivity index (χ0) is 12.5. The lowest BCUT2D eigenvalue weighted by molar-refractivity contribution is -0.274. The lowest BCUT2D eigenvalue weighted by atomic mass is 10.1. The highest BCUT2D eigenvalue weighted by Gasteiger charge is 2.32. The summed E-state index contributed by atoms with van der Waals surface area (Å²) in [4.78, 5) is 2.84. The maximum Gasteiger partial charge on any atom is 0.573 e. The second-order valence-corrected chi connectivity index (χ2v) is 3.51. The molecule has 92 valence electrons. The first-order valence-corrected chi connectivity index (χ1v) is 4.97. The zero-order valence-corrected chi connectivity index (χ0v) is 8.71. The molecular formula is C11H10F3NO2. The van der Waals surface area contributed by atoms with Crippen molar-refractivity contribution in [2.24, 2.45) is 0 Å². The van der Waals surface area contributed by atoms with Crippen molar-refractivity contribution in [2.75, 3.05) is 6.61 Å². The molecule has 0 aliphatic rings. The van der Waals surface area contributed by atoms with Crippen molar-refractivity contribution in [3.05, 3.63) is 30.0 Å². The van der Waals surface area contributed by atoms with Gasteiger partial charge in [-0.2, -0.15) is 0 Å². The van der Waals surface area contributed by atoms with Gasteiger partial charge in [-0.25, -0.2) is 0 Å². The highest BCUT2D eigenvalue weighted by atomic mass is 19.4. The van der Waals surface area contributed by atoms with Gasteiger partial charge in [-0.1, -0.05) is 6.07 Å². The Kier molecular flexibility index (Phi) is 2.97. The maximum absolute atomic E-state index is 12.2. The number of hydrogen-bond acceptors (Lipinski definition) is 2. The van der Waals surface area contributed by atoms with E-state index in [9.17, 15) is 13.2 Å². The third-order valence-electron chi connectivity index (χ3n) is 2.36. The van der Waals surface area contributed by atoms with Crippen molar-refractivity contribution in [1.82, 2.24) is 4.98 Å². The molecule has 0 saturated heterocycles. The molecule has 0 aliphatic carbocycles. The Morgan fingerprint density at radius 1 is 1.29 bits per heavy atom. The number of aliphatic hydroxyl groups excluding tert-OH is 1. The van der Waals surface area contributed by atoms with E-state index in [4.69, 9.17) is 5.11 Å². The molecule has 0 spiro atoms. The molecular weight excluding hydrogens is 235 g/mol. The van der Waals surface area contributed by atoms with Gasteiger partial charge in [0.15, 0.2) is 0 Å². The number of ether oxygens (including phenoxy) is 1. The number of aromatic nitrogens is 1. The van der Waals surface area contributed by atoms with E-state index in [1.165, 1.54) is 12.1 Å². The summed E-state index contributed by atoms with van der Waals surface area (Å²) in [6.07, 6.45) is -2.87. The molecule has 0 aliphatic heterocycles. The van der Waals surface area contributed by atoms with Crippen molar-refractivity contribution in [3.63, 3.8) is 0 Å². The molecule has 0 radical (unpaired) electrons. The van der Waals surface area contributed by atoms with Gasteiger partial charge < -0.3 is 14.8 Å². The third kappa shape index (κ3) is 2.52. The molecule has 1 aromatic carbocycles. The van der Waals surface area contributed by atoms with Crippen LogP contribution in [-0.2, 0) is 6.42 Å². The van der Waals surface area contributed by atoms with Crippen molar-refractivity contribution in [2.45, 2.75) is 12.8 Å². The summed E-state index contributed by atoms with van der Waals surface area (Å²) in [5.74, 6) is -0.250. The minimum atomic E-state index is -4.72. The number of rotatable bonds is 3. The predicted molar refractivity (Wildman–Crippen MR) is 55.8 cm³/mol. The first-order chi connectivity index (χ1) is 8.01. The number of alkyl halides is 3. The van der Waals surface area contributed by atoms with Crippen LogP contribution in [0, 0.1) is 0 Å². The number of halogens is 3. The summed E-state index contributed by atoms with van der Waals surface area (Å²) in [6.45, 7) is -0.132. The van der Waals surface area contributed by atoms with Crippen LogP contribution in [0.4, 0.5) is 13.2 Å². The molecule has 0 fully saturated rings. The van der Waals surface area contributed by atoms with Crippen LogP contribution in [0.1, 0.15) is 5.56 Å². The van der Waals surface area contributed by atoms with Crippen molar-refractivity contribution >= 4 is 10.9 Å². The molecule has 6 heteroatoms. The maximum atomic E-state index is 12.2. The van der Waals surface area contributed by atoms with Crippen LogP contribution in [0.5, 0.6) is 5.75 Å². The van der Waals surface area contributed by atoms with Gasteiger partial charge in [-0.05, 0) is 24.1 Å². The average molecular weight is 245 g/mol. The van der Waals surface area contributed by atoms with Crippen LogP contribution in [0.25, 0.3) is 10.9 Å². The largest absolute Gasteiger partial charge is 0.573 e. The van der Waals surface area contributed by atoms with Crippen LogP contribution in [0.15, 0.2) is 24.4 Å². The Labute approximate surface area is 94.8 Å². The second kappa shape index (κ2) is 4.29. The zero-order valence-electron chi connectivity index (χ0n) is 8.71. The molecule has 2 N–H and O–H groups in total. The fraction of sp³-hybridized carbons (Fsp3) is 0.273. The Morgan fingerprint density at radius 2 is 2.06 bits per heavy atom. The van der Waals surface area contributed by atoms with E-state index in [1.54, 1.807) is 12.3 Å². The first kappa shape index (κ1) is 11.8. The van der Waals surface area contributed by atoms with E-state index in [0.717, 1.165) is 0 Å². The fourth-order valence-electron chi connectivity index (χ4n) is 1.75. The highest BCUT2D eigenvalue weighted by Crippen LogP contribution is 2.32. The number of nitrogens with one attached hydrogen (secondary N) is 1. The summed E-state index contributed by atoms with van der Waals surface area (Å²) < 4.78 is 40.6. The van der Waals surface area contributed by atoms with Crippen molar-refractivity contribution < 1.29 is 23.0 Å². The van der Waals surface area contributed by atoms with Gasteiger partial charge in [0, 0.05) is 23.7 Å². The SMILES string of the molecule is OCCc1c[nH]c2cccc(OC(F)(F)F)c12. The number of benzene rings is 1. The van der Waals surface area contributed by atoms with E-state index in [0.29, 0.717) is 16.5 Å². The summed E-state index contributed by atoms with van der Waals surface area (Å²) in [7, 11) is 0. The van der Waals surface area contributed by atoms with Gasteiger partial charge in [-0.3, -0.25) is 0 Å². The van der Waals surface area contributed by atoms with Crippen LogP contribution in [-0.4, -0.2) is 23.1 Å². The lowest BCUT2D eigenvalue weighted by Gasteiger charge is -2.10. The molecule has 0 atom stereocenters. The molecule has 2 aromatic rings. The summed E-state index contributed by atoms with van der Waals surface area (Å²) in [5, 5.41) is 9.20. The standard InChI is InChI=1S/C11H10F3NO2/c12-11(13,14)17-9-3-1-2-8-10(9)7(4-5-16)6-15-8/h1-3,6,15-16H,4-5H2. The Morgan fingerprint density at radius 3 is 2.71 bits per heavy atom. The highest BCUT2D eigenvalue weighted by molar-refractivity contribution is 5.89. The van der Waals surface area contributed by atoms with Gasteiger partial charge in [-0.15, -0.1) is 13.2 Å². The minimum Gasteiger partial charge on any atom is -0.405 e. The number of fused-ring (bicyclic) bond motifs is 1. The molecule has 1 heterocycles. The summed E-state index contributed by atoms with van der Waals surface area (Å²) in [6, 6.07) is 4.38. The van der Waals surface area contributed by atoms with E-state index >= 15 is 0 Å². The predicted octanol–water partition coefficient (Wildman–Crippen LogP) is 2.60. The number of H-pyrrole nitrogens is 1. The second-order valence-electron chi connectivity index (χ2n) is 3.51. The number of hydrogen-bond donors (Lipinski definition) is 2. The van der Waals surface area contributed by atoms with Crippen LogP contribution >= 0.6 is 0 Å². The van der Waals surface area contributed by atoms with E-state index in [1.807, 2.05) is 0 Å². The first-order valence-electron chi connectivity index (χ1n) is 4.97. The average Bonchev–Trinajstić information content (AvgIpc) is 2.61. The topological polar surface area (TPSA) is 45.2 Å². The van der Waals surface area contributed by atoms with Gasteiger partial charge in [0.1, 0.15) is 5.75 Å². The fourth-order valence-corrected chi connectivity index (χ4v) is 1.75. The number of aliphatic hydroxyl groups is 1. The number of aromatic amines is 1.